The Morgan fingerprint density at radius 1 is 1.13 bits per heavy atom. The van der Waals surface area contributed by atoms with E-state index in [-0.39, 0.29) is 5.63 Å². The highest BCUT2D eigenvalue weighted by Crippen LogP contribution is 2.32. The van der Waals surface area contributed by atoms with E-state index in [4.69, 9.17) is 4.42 Å². The fraction of sp³-hybridized carbons (Fsp3) is 0.217. The van der Waals surface area contributed by atoms with Gasteiger partial charge in [0.2, 0.25) is 0 Å². The quantitative estimate of drug-likeness (QED) is 0.263. The van der Waals surface area contributed by atoms with Gasteiger partial charge in [-0.05, 0) is 60.2 Å². The molecule has 3 aromatic heterocycles. The molecule has 7 heteroatoms. The Bertz CT molecular complexity index is 1290. The number of aryl methyl sites for hydroxylation is 2. The predicted molar refractivity (Wildman–Crippen MR) is 118 cm³/mol. The molecular formula is C23H20N4O2S. The topological polar surface area (TPSA) is 73.8 Å². The molecule has 30 heavy (non-hydrogen) atoms. The number of rotatable bonds is 6. The third-order valence-electron chi connectivity index (χ3n) is 5.37. The number of allylic oxidation sites excluding steroid dienone is 1. The average Bonchev–Trinajstić information content (AvgIpc) is 3.38. The van der Waals surface area contributed by atoms with Gasteiger partial charge in [-0.3, -0.25) is 9.55 Å². The molecule has 0 N–H and O–H groups in total. The van der Waals surface area contributed by atoms with E-state index in [1.165, 1.54) is 11.1 Å². The lowest BCUT2D eigenvalue weighted by Gasteiger charge is -2.09. The van der Waals surface area contributed by atoms with Crippen molar-refractivity contribution in [3.05, 3.63) is 82.5 Å². The van der Waals surface area contributed by atoms with Crippen LogP contribution in [0.1, 0.15) is 23.1 Å². The molecule has 0 amide bonds. The van der Waals surface area contributed by atoms with E-state index in [1.807, 2.05) is 28.8 Å². The van der Waals surface area contributed by atoms with Crippen molar-refractivity contribution >= 4 is 22.7 Å². The molecule has 0 aliphatic heterocycles. The molecule has 1 aliphatic carbocycles. The number of fused-ring (bicyclic) bond motifs is 2. The van der Waals surface area contributed by atoms with Crippen LogP contribution in [0.25, 0.3) is 22.4 Å². The first kappa shape index (κ1) is 18.8. The highest BCUT2D eigenvalue weighted by atomic mass is 32.2. The summed E-state index contributed by atoms with van der Waals surface area (Å²) in [5, 5.41) is 10.6. The fourth-order valence-corrected chi connectivity index (χ4v) is 4.90. The third kappa shape index (κ3) is 3.45. The van der Waals surface area contributed by atoms with Gasteiger partial charge < -0.3 is 4.42 Å². The van der Waals surface area contributed by atoms with E-state index < -0.39 is 0 Å². The molecule has 0 saturated heterocycles. The van der Waals surface area contributed by atoms with E-state index in [0.29, 0.717) is 17.9 Å². The third-order valence-corrected chi connectivity index (χ3v) is 6.38. The van der Waals surface area contributed by atoms with Gasteiger partial charge in [-0.1, -0.05) is 17.8 Å². The molecule has 0 saturated carbocycles. The second kappa shape index (κ2) is 7.91. The van der Waals surface area contributed by atoms with Crippen molar-refractivity contribution in [2.24, 2.45) is 0 Å². The van der Waals surface area contributed by atoms with Crippen molar-refractivity contribution in [3.8, 4) is 11.4 Å². The first-order chi connectivity index (χ1) is 14.7. The molecule has 6 nitrogen and oxygen atoms in total. The molecule has 3 heterocycles. The smallest absolute Gasteiger partial charge is 0.336 e. The Labute approximate surface area is 177 Å². The van der Waals surface area contributed by atoms with Crippen LogP contribution in [0.4, 0.5) is 0 Å². The molecule has 1 aromatic carbocycles. The van der Waals surface area contributed by atoms with Crippen molar-refractivity contribution in [2.45, 2.75) is 36.7 Å². The minimum absolute atomic E-state index is 0.318. The minimum atomic E-state index is -0.318. The van der Waals surface area contributed by atoms with Crippen molar-refractivity contribution in [1.82, 2.24) is 19.7 Å². The van der Waals surface area contributed by atoms with Gasteiger partial charge in [0.1, 0.15) is 5.58 Å². The van der Waals surface area contributed by atoms with Gasteiger partial charge in [-0.15, -0.1) is 16.8 Å². The van der Waals surface area contributed by atoms with Gasteiger partial charge in [-0.2, -0.15) is 0 Å². The maximum Gasteiger partial charge on any atom is 0.336 e. The van der Waals surface area contributed by atoms with Crippen LogP contribution in [0.15, 0.2) is 69.7 Å². The second-order valence-corrected chi connectivity index (χ2v) is 8.23. The first-order valence-corrected chi connectivity index (χ1v) is 10.9. The summed E-state index contributed by atoms with van der Waals surface area (Å²) in [6, 6.07) is 9.64. The second-order valence-electron chi connectivity index (χ2n) is 7.29. The summed E-state index contributed by atoms with van der Waals surface area (Å²) in [5.74, 6) is 1.38. The Kier molecular flexibility index (Phi) is 4.96. The first-order valence-electron chi connectivity index (χ1n) is 9.89. The molecule has 0 fully saturated rings. The SMILES string of the molecule is C=CCn1c(SCc2cc(=O)oc3cc4c(cc23)CCC4)nnc1-c1ccncc1. The standard InChI is InChI=1S/C23H20N4O2S/c1-2-10-27-22(15-6-8-24-9-7-15)25-26-23(27)30-14-18-13-21(28)29-20-12-17-5-3-4-16(17)11-19(18)20/h2,6-9,11-13H,1,3-5,10,14H2. The number of benzene rings is 1. The van der Waals surface area contributed by atoms with Gasteiger partial charge in [-0.25, -0.2) is 4.79 Å². The zero-order valence-electron chi connectivity index (χ0n) is 16.4. The number of hydrogen-bond acceptors (Lipinski definition) is 6. The summed E-state index contributed by atoms with van der Waals surface area (Å²) < 4.78 is 7.51. The number of hydrogen-bond donors (Lipinski definition) is 0. The maximum atomic E-state index is 12.1. The molecule has 0 spiro atoms. The van der Waals surface area contributed by atoms with E-state index in [1.54, 1.807) is 30.2 Å². The van der Waals surface area contributed by atoms with Crippen LogP contribution in [0.3, 0.4) is 0 Å². The Balaban J connectivity index is 1.49. The molecule has 150 valence electrons. The lowest BCUT2D eigenvalue weighted by atomic mass is 10.0. The van der Waals surface area contributed by atoms with Crippen molar-refractivity contribution in [3.63, 3.8) is 0 Å². The normalized spacial score (nSPS) is 12.9. The number of aromatic nitrogens is 4. The maximum absolute atomic E-state index is 12.1. The Morgan fingerprint density at radius 2 is 1.93 bits per heavy atom. The monoisotopic (exact) mass is 416 g/mol. The number of pyridine rings is 1. The molecule has 1 aliphatic rings. The highest BCUT2D eigenvalue weighted by molar-refractivity contribution is 7.98. The van der Waals surface area contributed by atoms with Gasteiger partial charge in [0, 0.05) is 41.7 Å². The Hall–Kier alpha value is -3.19. The van der Waals surface area contributed by atoms with Crippen LogP contribution < -0.4 is 5.63 Å². The summed E-state index contributed by atoms with van der Waals surface area (Å²) in [4.78, 5) is 16.2. The lowest BCUT2D eigenvalue weighted by molar-refractivity contribution is 0.559. The summed E-state index contributed by atoms with van der Waals surface area (Å²) >= 11 is 1.56. The van der Waals surface area contributed by atoms with E-state index in [0.717, 1.165) is 46.8 Å². The highest BCUT2D eigenvalue weighted by Gasteiger charge is 2.17. The van der Waals surface area contributed by atoms with Crippen molar-refractivity contribution < 1.29 is 4.42 Å². The predicted octanol–water partition coefficient (Wildman–Crippen LogP) is 4.41. The van der Waals surface area contributed by atoms with E-state index in [2.05, 4.69) is 27.8 Å². The van der Waals surface area contributed by atoms with Crippen molar-refractivity contribution in [2.75, 3.05) is 0 Å². The van der Waals surface area contributed by atoms with E-state index in [9.17, 15) is 4.79 Å². The van der Waals surface area contributed by atoms with Gasteiger partial charge in [0.25, 0.3) is 0 Å². The summed E-state index contributed by atoms with van der Waals surface area (Å²) in [6.07, 6.45) is 8.60. The zero-order valence-corrected chi connectivity index (χ0v) is 17.2. The van der Waals surface area contributed by atoms with Crippen LogP contribution in [-0.4, -0.2) is 19.7 Å². The summed E-state index contributed by atoms with van der Waals surface area (Å²) in [5.41, 5.74) is 4.91. The number of thioether (sulfide) groups is 1. The number of nitrogens with zero attached hydrogens (tertiary/aromatic N) is 4. The van der Waals surface area contributed by atoms with Crippen LogP contribution in [0, 0.1) is 0 Å². The van der Waals surface area contributed by atoms with Gasteiger partial charge in [0.05, 0.1) is 0 Å². The van der Waals surface area contributed by atoms with E-state index >= 15 is 0 Å². The fourth-order valence-electron chi connectivity index (χ4n) is 3.96. The average molecular weight is 417 g/mol. The lowest BCUT2D eigenvalue weighted by Crippen LogP contribution is -2.03. The van der Waals surface area contributed by atoms with Gasteiger partial charge >= 0.3 is 5.63 Å². The molecule has 0 unspecified atom stereocenters. The molecule has 0 atom stereocenters. The van der Waals surface area contributed by atoms with Crippen molar-refractivity contribution in [1.29, 1.82) is 0 Å². The van der Waals surface area contributed by atoms with Crippen LogP contribution in [0.2, 0.25) is 0 Å². The largest absolute Gasteiger partial charge is 0.423 e. The molecule has 4 aromatic rings. The summed E-state index contributed by atoms with van der Waals surface area (Å²) in [6.45, 7) is 4.46. The molecular weight excluding hydrogens is 396 g/mol. The molecule has 5 rings (SSSR count). The Morgan fingerprint density at radius 3 is 2.73 bits per heavy atom. The van der Waals surface area contributed by atoms with Crippen LogP contribution in [-0.2, 0) is 25.1 Å². The van der Waals surface area contributed by atoms with Crippen LogP contribution >= 0.6 is 11.8 Å². The molecule has 0 radical (unpaired) electrons. The van der Waals surface area contributed by atoms with Gasteiger partial charge in [0.15, 0.2) is 11.0 Å². The zero-order chi connectivity index (χ0) is 20.5. The summed E-state index contributed by atoms with van der Waals surface area (Å²) in [7, 11) is 0. The molecule has 0 bridgehead atoms. The van der Waals surface area contributed by atoms with Crippen LogP contribution in [0.5, 0.6) is 0 Å². The minimum Gasteiger partial charge on any atom is -0.423 e.